The molecule has 0 amide bonds. The lowest BCUT2D eigenvalue weighted by Gasteiger charge is -2.41. The summed E-state index contributed by atoms with van der Waals surface area (Å²) in [7, 11) is 1.80. The van der Waals surface area contributed by atoms with Crippen LogP contribution in [-0.4, -0.2) is 96.9 Å². The van der Waals surface area contributed by atoms with Crippen molar-refractivity contribution in [1.82, 2.24) is 25.3 Å². The standard InChI is InChI=1S/C28H38N6O4/c1-19-27(20(2)38-32-19)25-16-26(34-11-9-33(10-12-34)22-7-13-36-14-8-22)31-28(30-25)21-5-4-6-24(15-21)37-18-23(35)17-29-3/h4-6,15-16,22-23,29,35H,7-14,17-18H2,1-3H3. The van der Waals surface area contributed by atoms with Gasteiger partial charge in [0.25, 0.3) is 0 Å². The summed E-state index contributed by atoms with van der Waals surface area (Å²) in [4.78, 5) is 14.9. The van der Waals surface area contributed by atoms with Crippen molar-refractivity contribution in [3.63, 3.8) is 0 Å². The van der Waals surface area contributed by atoms with Crippen molar-refractivity contribution in [2.45, 2.75) is 38.8 Å². The van der Waals surface area contributed by atoms with Gasteiger partial charge in [0, 0.05) is 63.6 Å². The maximum atomic E-state index is 10.0. The van der Waals surface area contributed by atoms with E-state index < -0.39 is 6.10 Å². The number of hydrogen-bond donors (Lipinski definition) is 2. The van der Waals surface area contributed by atoms with Crippen LogP contribution in [0.3, 0.4) is 0 Å². The first kappa shape index (κ1) is 26.6. The van der Waals surface area contributed by atoms with Crippen LogP contribution in [-0.2, 0) is 4.74 Å². The third kappa shape index (κ3) is 6.15. The van der Waals surface area contributed by atoms with E-state index >= 15 is 0 Å². The first-order valence-electron chi connectivity index (χ1n) is 13.5. The second kappa shape index (κ2) is 12.2. The van der Waals surface area contributed by atoms with Crippen LogP contribution in [0, 0.1) is 13.8 Å². The first-order chi connectivity index (χ1) is 18.5. The van der Waals surface area contributed by atoms with Gasteiger partial charge in [-0.2, -0.15) is 0 Å². The first-order valence-corrected chi connectivity index (χ1v) is 13.5. The summed E-state index contributed by atoms with van der Waals surface area (Å²) < 4.78 is 16.9. The molecular weight excluding hydrogens is 484 g/mol. The van der Waals surface area contributed by atoms with E-state index in [-0.39, 0.29) is 6.61 Å². The minimum absolute atomic E-state index is 0.201. The Kier molecular flexibility index (Phi) is 8.53. The van der Waals surface area contributed by atoms with Crippen molar-refractivity contribution in [1.29, 1.82) is 0 Å². The minimum Gasteiger partial charge on any atom is -0.491 e. The van der Waals surface area contributed by atoms with Gasteiger partial charge in [-0.1, -0.05) is 17.3 Å². The molecular formula is C28H38N6O4. The molecule has 2 aliphatic rings. The number of rotatable bonds is 9. The van der Waals surface area contributed by atoms with E-state index in [1.807, 2.05) is 38.1 Å². The van der Waals surface area contributed by atoms with Crippen LogP contribution < -0.4 is 15.0 Å². The van der Waals surface area contributed by atoms with Gasteiger partial charge in [-0.15, -0.1) is 0 Å². The number of benzene rings is 1. The summed E-state index contributed by atoms with van der Waals surface area (Å²) in [5, 5.41) is 17.1. The van der Waals surface area contributed by atoms with Gasteiger partial charge in [-0.3, -0.25) is 4.90 Å². The summed E-state index contributed by atoms with van der Waals surface area (Å²) >= 11 is 0. The van der Waals surface area contributed by atoms with Crippen molar-refractivity contribution in [3.8, 4) is 28.4 Å². The van der Waals surface area contributed by atoms with E-state index in [9.17, 15) is 5.11 Å². The average molecular weight is 523 g/mol. The van der Waals surface area contributed by atoms with Gasteiger partial charge in [0.2, 0.25) is 0 Å². The number of aliphatic hydroxyl groups excluding tert-OH is 1. The van der Waals surface area contributed by atoms with Gasteiger partial charge in [-0.25, -0.2) is 9.97 Å². The number of aliphatic hydroxyl groups is 1. The third-order valence-electron chi connectivity index (χ3n) is 7.32. The maximum absolute atomic E-state index is 10.0. The molecule has 3 aromatic rings. The van der Waals surface area contributed by atoms with Gasteiger partial charge < -0.3 is 29.3 Å². The highest BCUT2D eigenvalue weighted by Gasteiger charge is 2.27. The molecule has 2 aromatic heterocycles. The van der Waals surface area contributed by atoms with Crippen molar-refractivity contribution in [3.05, 3.63) is 41.8 Å². The smallest absolute Gasteiger partial charge is 0.162 e. The Hall–Kier alpha value is -3.05. The van der Waals surface area contributed by atoms with Crippen molar-refractivity contribution >= 4 is 5.82 Å². The van der Waals surface area contributed by atoms with Crippen LogP contribution in [0.2, 0.25) is 0 Å². The Balaban J connectivity index is 1.41. The molecule has 0 aliphatic carbocycles. The van der Waals surface area contributed by atoms with Crippen LogP contribution in [0.5, 0.6) is 5.75 Å². The number of anilines is 1. The quantitative estimate of drug-likeness (QED) is 0.435. The molecule has 1 unspecified atom stereocenters. The van der Waals surface area contributed by atoms with Crippen LogP contribution in [0.25, 0.3) is 22.6 Å². The summed E-state index contributed by atoms with van der Waals surface area (Å²) in [6.45, 7) is 10.0. The number of nitrogens with one attached hydrogen (secondary N) is 1. The van der Waals surface area contributed by atoms with Crippen molar-refractivity contribution in [2.75, 3.05) is 64.5 Å². The lowest BCUT2D eigenvalue weighted by atomic mass is 10.1. The topological polar surface area (TPSA) is 109 Å². The fraction of sp³-hybridized carbons (Fsp3) is 0.536. The van der Waals surface area contributed by atoms with Gasteiger partial charge >= 0.3 is 0 Å². The second-order valence-corrected chi connectivity index (χ2v) is 10.1. The lowest BCUT2D eigenvalue weighted by molar-refractivity contribution is 0.0321. The van der Waals surface area contributed by atoms with E-state index in [0.717, 1.165) is 86.3 Å². The Morgan fingerprint density at radius 3 is 2.61 bits per heavy atom. The summed E-state index contributed by atoms with van der Waals surface area (Å²) in [5.41, 5.74) is 3.35. The second-order valence-electron chi connectivity index (χ2n) is 10.1. The Morgan fingerprint density at radius 1 is 1.11 bits per heavy atom. The van der Waals surface area contributed by atoms with Crippen molar-refractivity contribution in [2.24, 2.45) is 0 Å². The number of likely N-dealkylation sites (N-methyl/N-ethyl adjacent to an activating group) is 1. The van der Waals surface area contributed by atoms with Gasteiger partial charge in [0.05, 0.1) is 17.0 Å². The lowest BCUT2D eigenvalue weighted by Crippen LogP contribution is -2.51. The molecule has 0 radical (unpaired) electrons. The Bertz CT molecular complexity index is 1180. The summed E-state index contributed by atoms with van der Waals surface area (Å²) in [6, 6.07) is 10.4. The highest BCUT2D eigenvalue weighted by molar-refractivity contribution is 5.71. The maximum Gasteiger partial charge on any atom is 0.162 e. The zero-order valence-electron chi connectivity index (χ0n) is 22.5. The zero-order valence-corrected chi connectivity index (χ0v) is 22.5. The molecule has 2 saturated heterocycles. The van der Waals surface area contributed by atoms with Crippen LogP contribution in [0.15, 0.2) is 34.9 Å². The van der Waals surface area contributed by atoms with Crippen molar-refractivity contribution < 1.29 is 19.1 Å². The van der Waals surface area contributed by atoms with E-state index in [1.165, 1.54) is 0 Å². The van der Waals surface area contributed by atoms with Crippen LogP contribution >= 0.6 is 0 Å². The molecule has 10 heteroatoms. The zero-order chi connectivity index (χ0) is 26.5. The number of piperazine rings is 1. The highest BCUT2D eigenvalue weighted by Crippen LogP contribution is 2.32. The number of aromatic nitrogens is 3. The predicted molar refractivity (Wildman–Crippen MR) is 145 cm³/mol. The largest absolute Gasteiger partial charge is 0.491 e. The van der Waals surface area contributed by atoms with E-state index in [1.54, 1.807) is 7.05 Å². The molecule has 10 nitrogen and oxygen atoms in total. The fourth-order valence-corrected chi connectivity index (χ4v) is 5.28. The molecule has 1 aromatic carbocycles. The molecule has 0 spiro atoms. The average Bonchev–Trinajstić information content (AvgIpc) is 3.30. The van der Waals surface area contributed by atoms with E-state index in [4.69, 9.17) is 24.0 Å². The normalized spacial score (nSPS) is 18.1. The Labute approximate surface area is 224 Å². The number of ether oxygens (including phenoxy) is 2. The Morgan fingerprint density at radius 2 is 1.89 bits per heavy atom. The molecule has 2 aliphatic heterocycles. The molecule has 204 valence electrons. The molecule has 4 heterocycles. The third-order valence-corrected chi connectivity index (χ3v) is 7.32. The van der Waals surface area contributed by atoms with Gasteiger partial charge in [0.15, 0.2) is 5.82 Å². The van der Waals surface area contributed by atoms with Crippen LogP contribution in [0.1, 0.15) is 24.3 Å². The predicted octanol–water partition coefficient (Wildman–Crippen LogP) is 2.68. The number of hydrogen-bond acceptors (Lipinski definition) is 10. The molecule has 1 atom stereocenters. The summed E-state index contributed by atoms with van der Waals surface area (Å²) in [5.74, 6) is 2.91. The van der Waals surface area contributed by atoms with E-state index in [2.05, 4.69) is 26.3 Å². The molecule has 38 heavy (non-hydrogen) atoms. The molecule has 0 saturated carbocycles. The highest BCUT2D eigenvalue weighted by atomic mass is 16.5. The molecule has 2 fully saturated rings. The fourth-order valence-electron chi connectivity index (χ4n) is 5.28. The SMILES string of the molecule is CNCC(O)COc1cccc(-c2nc(-c3c(C)noc3C)cc(N3CCN(C4CCOCC4)CC3)n2)c1. The summed E-state index contributed by atoms with van der Waals surface area (Å²) in [6.07, 6.45) is 1.63. The number of aryl methyl sites for hydroxylation is 2. The van der Waals surface area contributed by atoms with Crippen LogP contribution in [0.4, 0.5) is 5.82 Å². The molecule has 0 bridgehead atoms. The number of nitrogens with zero attached hydrogens (tertiary/aromatic N) is 5. The monoisotopic (exact) mass is 522 g/mol. The van der Waals surface area contributed by atoms with Gasteiger partial charge in [0.1, 0.15) is 30.0 Å². The molecule has 5 rings (SSSR count). The van der Waals surface area contributed by atoms with Gasteiger partial charge in [-0.05, 0) is 45.9 Å². The van der Waals surface area contributed by atoms with E-state index in [0.29, 0.717) is 24.2 Å². The minimum atomic E-state index is -0.589. The molecule has 2 N–H and O–H groups in total.